The first-order valence-corrected chi connectivity index (χ1v) is 7.91. The highest BCUT2D eigenvalue weighted by atomic mass is 16.5. The van der Waals surface area contributed by atoms with Crippen LogP contribution in [0.4, 0.5) is 10.5 Å². The zero-order valence-electron chi connectivity index (χ0n) is 14.2. The lowest BCUT2D eigenvalue weighted by atomic mass is 10.1. The third-order valence-corrected chi connectivity index (χ3v) is 3.97. The van der Waals surface area contributed by atoms with E-state index < -0.39 is 0 Å². The van der Waals surface area contributed by atoms with Crippen LogP contribution >= 0.6 is 0 Å². The molecule has 0 radical (unpaired) electrons. The SMILES string of the molecule is C[C@H](NC(=O)N[C@@H](C)c1nncn1C)c1ccc2c(c1)NC(=O)CO2. The predicted molar refractivity (Wildman–Crippen MR) is 90.1 cm³/mol. The third kappa shape index (κ3) is 3.70. The van der Waals surface area contributed by atoms with Gasteiger partial charge in [0.1, 0.15) is 12.1 Å². The van der Waals surface area contributed by atoms with Crippen LogP contribution in [-0.4, -0.2) is 33.3 Å². The number of carbonyl (C=O) groups excluding carboxylic acids is 2. The first-order valence-electron chi connectivity index (χ1n) is 7.91. The first-order chi connectivity index (χ1) is 11.9. The number of ether oxygens (including phenoxy) is 1. The number of hydrogen-bond acceptors (Lipinski definition) is 5. The maximum absolute atomic E-state index is 12.2. The number of nitrogens with one attached hydrogen (secondary N) is 3. The van der Waals surface area contributed by atoms with Crippen LogP contribution in [0.25, 0.3) is 0 Å². The van der Waals surface area contributed by atoms with E-state index in [-0.39, 0.29) is 30.6 Å². The number of hydrogen-bond donors (Lipinski definition) is 3. The van der Waals surface area contributed by atoms with E-state index in [1.165, 1.54) is 0 Å². The van der Waals surface area contributed by atoms with Crippen LogP contribution in [0.3, 0.4) is 0 Å². The summed E-state index contributed by atoms with van der Waals surface area (Å²) in [4.78, 5) is 23.6. The largest absolute Gasteiger partial charge is 0.482 e. The van der Waals surface area contributed by atoms with Gasteiger partial charge in [-0.05, 0) is 31.5 Å². The summed E-state index contributed by atoms with van der Waals surface area (Å²) in [5, 5.41) is 16.2. The standard InChI is InChI=1S/C16H20N6O3/c1-9(11-4-5-13-12(6-11)20-14(23)7-25-13)18-16(24)19-10(2)15-21-17-8-22(15)3/h4-6,8-10H,7H2,1-3H3,(H,20,23)(H2,18,19,24)/t9-,10-/m0/s1. The van der Waals surface area contributed by atoms with Gasteiger partial charge in [-0.2, -0.15) is 0 Å². The summed E-state index contributed by atoms with van der Waals surface area (Å²) in [6.07, 6.45) is 1.58. The van der Waals surface area contributed by atoms with Crippen LogP contribution in [0.15, 0.2) is 24.5 Å². The van der Waals surface area contributed by atoms with Crippen molar-refractivity contribution in [3.05, 3.63) is 35.9 Å². The average molecular weight is 344 g/mol. The number of anilines is 1. The van der Waals surface area contributed by atoms with Crippen molar-refractivity contribution in [2.24, 2.45) is 7.05 Å². The number of amides is 3. The number of rotatable bonds is 4. The fourth-order valence-corrected chi connectivity index (χ4v) is 2.64. The lowest BCUT2D eigenvalue weighted by Gasteiger charge is -2.21. The highest BCUT2D eigenvalue weighted by Crippen LogP contribution is 2.30. The van der Waals surface area contributed by atoms with Gasteiger partial charge in [0, 0.05) is 7.05 Å². The van der Waals surface area contributed by atoms with Crippen molar-refractivity contribution in [2.45, 2.75) is 25.9 Å². The molecule has 3 rings (SSSR count). The smallest absolute Gasteiger partial charge is 0.315 e. The number of carbonyl (C=O) groups is 2. The van der Waals surface area contributed by atoms with Crippen LogP contribution in [-0.2, 0) is 11.8 Å². The molecule has 25 heavy (non-hydrogen) atoms. The molecular weight excluding hydrogens is 324 g/mol. The zero-order chi connectivity index (χ0) is 18.0. The van der Waals surface area contributed by atoms with Crippen molar-refractivity contribution < 1.29 is 14.3 Å². The van der Waals surface area contributed by atoms with Crippen molar-refractivity contribution >= 4 is 17.6 Å². The minimum Gasteiger partial charge on any atom is -0.482 e. The molecule has 0 aliphatic carbocycles. The van der Waals surface area contributed by atoms with Crippen LogP contribution in [0.2, 0.25) is 0 Å². The molecule has 3 amide bonds. The second-order valence-electron chi connectivity index (χ2n) is 5.95. The molecule has 3 N–H and O–H groups in total. The molecule has 2 atom stereocenters. The number of aromatic nitrogens is 3. The molecule has 9 nitrogen and oxygen atoms in total. The number of aryl methyl sites for hydroxylation is 1. The predicted octanol–water partition coefficient (Wildman–Crippen LogP) is 1.27. The molecule has 1 aromatic carbocycles. The number of fused-ring (bicyclic) bond motifs is 1. The average Bonchev–Trinajstić information content (AvgIpc) is 3.00. The lowest BCUT2D eigenvalue weighted by Crippen LogP contribution is -2.39. The Hall–Kier alpha value is -3.10. The van der Waals surface area contributed by atoms with E-state index in [1.54, 1.807) is 23.0 Å². The fraction of sp³-hybridized carbons (Fsp3) is 0.375. The highest BCUT2D eigenvalue weighted by Gasteiger charge is 2.19. The van der Waals surface area contributed by atoms with E-state index >= 15 is 0 Å². The van der Waals surface area contributed by atoms with E-state index in [2.05, 4.69) is 26.1 Å². The second kappa shape index (κ2) is 6.80. The molecule has 1 aliphatic rings. The maximum Gasteiger partial charge on any atom is 0.315 e. The summed E-state index contributed by atoms with van der Waals surface area (Å²) in [5.41, 5.74) is 1.46. The summed E-state index contributed by atoms with van der Waals surface area (Å²) >= 11 is 0. The molecular formula is C16H20N6O3. The van der Waals surface area contributed by atoms with E-state index in [0.29, 0.717) is 17.3 Å². The number of benzene rings is 1. The van der Waals surface area contributed by atoms with Crippen LogP contribution in [0, 0.1) is 0 Å². The Bertz CT molecular complexity index is 803. The van der Waals surface area contributed by atoms with Crippen LogP contribution in [0.5, 0.6) is 5.75 Å². The molecule has 1 aliphatic heterocycles. The summed E-state index contributed by atoms with van der Waals surface area (Å²) in [7, 11) is 1.82. The van der Waals surface area contributed by atoms with Crippen molar-refractivity contribution in [1.29, 1.82) is 0 Å². The second-order valence-corrected chi connectivity index (χ2v) is 5.95. The topological polar surface area (TPSA) is 110 Å². The third-order valence-electron chi connectivity index (χ3n) is 3.97. The Morgan fingerprint density at radius 1 is 1.32 bits per heavy atom. The molecule has 0 unspecified atom stereocenters. The van der Waals surface area contributed by atoms with Crippen molar-refractivity contribution in [2.75, 3.05) is 11.9 Å². The van der Waals surface area contributed by atoms with E-state index in [9.17, 15) is 9.59 Å². The quantitative estimate of drug-likeness (QED) is 0.773. The van der Waals surface area contributed by atoms with E-state index in [0.717, 1.165) is 5.56 Å². The Kier molecular flexibility index (Phi) is 4.55. The fourth-order valence-electron chi connectivity index (χ4n) is 2.64. The monoisotopic (exact) mass is 344 g/mol. The minimum absolute atomic E-state index is 0.0164. The van der Waals surface area contributed by atoms with Gasteiger partial charge >= 0.3 is 6.03 Å². The highest BCUT2D eigenvalue weighted by molar-refractivity contribution is 5.95. The van der Waals surface area contributed by atoms with Gasteiger partial charge in [0.25, 0.3) is 5.91 Å². The molecule has 0 bridgehead atoms. The number of urea groups is 1. The van der Waals surface area contributed by atoms with Crippen molar-refractivity contribution in [3.8, 4) is 5.75 Å². The molecule has 0 spiro atoms. The van der Waals surface area contributed by atoms with Crippen molar-refractivity contribution in [1.82, 2.24) is 25.4 Å². The van der Waals surface area contributed by atoms with Gasteiger partial charge in [0.05, 0.1) is 17.8 Å². The molecule has 0 saturated heterocycles. The van der Waals surface area contributed by atoms with Gasteiger partial charge in [-0.3, -0.25) is 4.79 Å². The maximum atomic E-state index is 12.2. The zero-order valence-corrected chi connectivity index (χ0v) is 14.2. The number of nitrogens with zero attached hydrogens (tertiary/aromatic N) is 3. The van der Waals surface area contributed by atoms with E-state index in [4.69, 9.17) is 4.74 Å². The van der Waals surface area contributed by atoms with Crippen molar-refractivity contribution in [3.63, 3.8) is 0 Å². The molecule has 0 fully saturated rings. The Labute approximate surface area is 144 Å². The minimum atomic E-state index is -0.319. The summed E-state index contributed by atoms with van der Waals surface area (Å²) in [5.74, 6) is 1.09. The molecule has 2 aromatic rings. The molecule has 9 heteroatoms. The Morgan fingerprint density at radius 3 is 2.80 bits per heavy atom. The molecule has 2 heterocycles. The van der Waals surface area contributed by atoms with Gasteiger partial charge in [0.2, 0.25) is 0 Å². The summed E-state index contributed by atoms with van der Waals surface area (Å²) < 4.78 is 7.08. The molecule has 1 aromatic heterocycles. The summed E-state index contributed by atoms with van der Waals surface area (Å²) in [6.45, 7) is 3.71. The molecule has 0 saturated carbocycles. The Balaban J connectivity index is 1.63. The molecule has 132 valence electrons. The van der Waals surface area contributed by atoms with Gasteiger partial charge in [-0.25, -0.2) is 4.79 Å². The normalized spacial score (nSPS) is 15.4. The van der Waals surface area contributed by atoms with Crippen LogP contribution < -0.4 is 20.7 Å². The lowest BCUT2D eigenvalue weighted by molar-refractivity contribution is -0.118. The van der Waals surface area contributed by atoms with Crippen LogP contribution in [0.1, 0.15) is 37.3 Å². The van der Waals surface area contributed by atoms with Gasteiger partial charge in [0.15, 0.2) is 12.4 Å². The summed E-state index contributed by atoms with van der Waals surface area (Å²) in [6, 6.07) is 4.58. The van der Waals surface area contributed by atoms with E-state index in [1.807, 2.05) is 27.0 Å². The van der Waals surface area contributed by atoms with Gasteiger partial charge in [-0.1, -0.05) is 6.07 Å². The Morgan fingerprint density at radius 2 is 2.08 bits per heavy atom. The first kappa shape index (κ1) is 16.7. The van der Waals surface area contributed by atoms with Gasteiger partial charge in [-0.15, -0.1) is 10.2 Å². The van der Waals surface area contributed by atoms with Gasteiger partial charge < -0.3 is 25.3 Å².